The zero-order valence-corrected chi connectivity index (χ0v) is 31.9. The Morgan fingerprint density at radius 2 is 1.81 bits per heavy atom. The smallest absolute Gasteiger partial charge is 0.328 e. The van der Waals surface area contributed by atoms with E-state index in [1.165, 1.54) is 4.90 Å². The molecule has 1 amide bonds. The van der Waals surface area contributed by atoms with Crippen LogP contribution in [0.3, 0.4) is 0 Å². The fourth-order valence-corrected chi connectivity index (χ4v) is 6.05. The number of amides is 1. The molecule has 1 fully saturated rings. The number of carboxylic acids is 2. The third kappa shape index (κ3) is 13.0. The van der Waals surface area contributed by atoms with Gasteiger partial charge < -0.3 is 40.0 Å². The van der Waals surface area contributed by atoms with Crippen LogP contribution in [-0.2, 0) is 28.7 Å². The number of carboxylic acid groups (broad SMARTS) is 2. The number of nitrogens with zero attached hydrogens (tertiary/aromatic N) is 7. The first-order chi connectivity index (χ1) is 25.3. The van der Waals surface area contributed by atoms with E-state index in [9.17, 15) is 19.2 Å². The first kappa shape index (κ1) is 41.0. The van der Waals surface area contributed by atoms with Crippen LogP contribution in [0.1, 0.15) is 40.0 Å². The molecule has 0 spiro atoms. The van der Waals surface area contributed by atoms with Gasteiger partial charge in [0, 0.05) is 69.1 Å². The minimum Gasteiger partial charge on any atom is -0.478 e. The quantitative estimate of drug-likeness (QED) is 0.135. The topological polar surface area (TPSA) is 231 Å². The highest BCUT2D eigenvalue weighted by molar-refractivity contribution is 9.10. The normalized spacial score (nSPS) is 14.9. The predicted molar refractivity (Wildman–Crippen MR) is 199 cm³/mol. The number of morpholine rings is 1. The van der Waals surface area contributed by atoms with E-state index in [0.717, 1.165) is 11.7 Å². The Morgan fingerprint density at radius 1 is 1.09 bits per heavy atom. The Kier molecular flexibility index (Phi) is 15.4. The molecule has 4 N–H and O–H groups in total. The molecule has 2 aliphatic rings. The average Bonchev–Trinajstić information content (AvgIpc) is 3.83. The lowest BCUT2D eigenvalue weighted by molar-refractivity contribution is -0.150. The molecule has 5 rings (SSSR count). The minimum atomic E-state index is -1.26. The lowest BCUT2D eigenvalue weighted by atomic mass is 10.1. The Bertz CT molecular complexity index is 1780. The van der Waals surface area contributed by atoms with Crippen molar-refractivity contribution in [2.45, 2.75) is 51.7 Å². The number of hydrogen-bond acceptors (Lipinski definition) is 16. The highest BCUT2D eigenvalue weighted by atomic mass is 79.9. The van der Waals surface area contributed by atoms with E-state index in [4.69, 9.17) is 24.4 Å². The van der Waals surface area contributed by atoms with Gasteiger partial charge >= 0.3 is 17.9 Å². The van der Waals surface area contributed by atoms with Gasteiger partial charge in [0.1, 0.15) is 18.2 Å². The van der Waals surface area contributed by atoms with Crippen LogP contribution < -0.4 is 25.2 Å². The number of nitrogens with one attached hydrogen (secondary N) is 2. The summed E-state index contributed by atoms with van der Waals surface area (Å²) in [5.74, 6) is -1.59. The van der Waals surface area contributed by atoms with E-state index in [2.05, 4.69) is 55.2 Å². The number of rotatable bonds is 14. The van der Waals surface area contributed by atoms with Gasteiger partial charge in [0.25, 0.3) is 5.88 Å². The molecule has 0 bridgehead atoms. The van der Waals surface area contributed by atoms with E-state index in [1.54, 1.807) is 12.4 Å². The molecule has 0 aliphatic carbocycles. The molecule has 0 radical (unpaired) electrons. The standard InChI is InChI=1S/C29H38BrN9O5S.C4H4O4/c1-29(2,3)35-17-19(18-43-27-26(36-45-37-27)38-13-15-42-16-14-38)44-23(41)6-4-5-22(40)39(28-33-11-12-34-28)21-8-7-20-25(24(21)30)32-10-9-31-20;5-3(6)1-2-4(7)8/h7-10,19,35H,4-6,11-18H2,1-3H3,(H,33,34);1-2H,(H,5,6)(H,7,8)/b;2-1-/t19-;/m0./s1. The van der Waals surface area contributed by atoms with Crippen molar-refractivity contribution in [1.29, 1.82) is 0 Å². The number of aliphatic carboxylic acids is 2. The number of aliphatic imine (C=N–C) groups is 1. The summed E-state index contributed by atoms with van der Waals surface area (Å²) in [7, 11) is 0. The van der Waals surface area contributed by atoms with Gasteiger partial charge in [0.2, 0.25) is 17.7 Å². The first-order valence-electron chi connectivity index (χ1n) is 16.7. The maximum atomic E-state index is 13.6. The molecule has 20 heteroatoms. The summed E-state index contributed by atoms with van der Waals surface area (Å²) in [5.41, 5.74) is 1.74. The molecular weight excluding hydrogens is 778 g/mol. The Balaban J connectivity index is 0.000000703. The lowest BCUT2D eigenvalue weighted by Crippen LogP contribution is -2.44. The van der Waals surface area contributed by atoms with Gasteiger partial charge in [-0.3, -0.25) is 24.5 Å². The number of carbonyl (C=O) groups excluding carboxylic acids is 2. The highest BCUT2D eigenvalue weighted by Crippen LogP contribution is 2.33. The van der Waals surface area contributed by atoms with E-state index in [0.29, 0.717) is 103 Å². The second-order valence-corrected chi connectivity index (χ2v) is 13.9. The molecule has 1 saturated heterocycles. The summed E-state index contributed by atoms with van der Waals surface area (Å²) in [6, 6.07) is 3.62. The number of aromatic nitrogens is 4. The number of hydrogen-bond donors (Lipinski definition) is 4. The van der Waals surface area contributed by atoms with Crippen LogP contribution in [-0.4, -0.2) is 123 Å². The zero-order valence-electron chi connectivity index (χ0n) is 29.5. The number of esters is 1. The summed E-state index contributed by atoms with van der Waals surface area (Å²) in [5, 5.41) is 22.2. The van der Waals surface area contributed by atoms with Gasteiger partial charge in [-0.1, -0.05) is 0 Å². The van der Waals surface area contributed by atoms with Crippen molar-refractivity contribution in [1.82, 2.24) is 29.3 Å². The fourth-order valence-electron chi connectivity index (χ4n) is 4.91. The number of fused-ring (bicyclic) bond motifs is 1. The van der Waals surface area contributed by atoms with Crippen LogP contribution in [0.25, 0.3) is 11.0 Å². The number of halogens is 1. The van der Waals surface area contributed by atoms with Crippen molar-refractivity contribution < 1.29 is 43.6 Å². The molecule has 1 aromatic carbocycles. The molecule has 53 heavy (non-hydrogen) atoms. The number of ether oxygens (including phenoxy) is 3. The first-order valence-corrected chi connectivity index (χ1v) is 18.2. The molecule has 2 aromatic heterocycles. The fraction of sp³-hybridized carbons (Fsp3) is 0.485. The van der Waals surface area contributed by atoms with E-state index in [-0.39, 0.29) is 30.9 Å². The van der Waals surface area contributed by atoms with Crippen LogP contribution in [0.5, 0.6) is 5.88 Å². The monoisotopic (exact) mass is 819 g/mol. The molecule has 18 nitrogen and oxygen atoms in total. The SMILES string of the molecule is CC(C)(C)NC[C@@H](COc1nsnc1N1CCOCC1)OC(=O)CCCC(=O)N(C1=NCCN1)c1ccc2nccnc2c1Br.O=C(O)/C=C\C(=O)O. The third-order valence-electron chi connectivity index (χ3n) is 7.37. The van der Waals surface area contributed by atoms with Crippen LogP contribution in [0.4, 0.5) is 11.5 Å². The predicted octanol–water partition coefficient (Wildman–Crippen LogP) is 2.63. The molecule has 2 aliphatic heterocycles. The third-order valence-corrected chi connectivity index (χ3v) is 8.66. The molecule has 286 valence electrons. The van der Waals surface area contributed by atoms with Gasteiger partial charge in [-0.15, -0.1) is 4.37 Å². The number of anilines is 2. The largest absolute Gasteiger partial charge is 0.478 e. The minimum absolute atomic E-state index is 0.0627. The Labute approximate surface area is 318 Å². The van der Waals surface area contributed by atoms with Gasteiger partial charge in [0.05, 0.1) is 47.2 Å². The van der Waals surface area contributed by atoms with Crippen LogP contribution in [0.2, 0.25) is 0 Å². The summed E-state index contributed by atoms with van der Waals surface area (Å²) < 4.78 is 26.6. The molecule has 0 saturated carbocycles. The number of carbonyl (C=O) groups is 4. The van der Waals surface area contributed by atoms with Crippen LogP contribution in [0.15, 0.2) is 46.1 Å². The van der Waals surface area contributed by atoms with Crippen LogP contribution >= 0.6 is 27.7 Å². The average molecular weight is 821 g/mol. The van der Waals surface area contributed by atoms with E-state index < -0.39 is 24.0 Å². The van der Waals surface area contributed by atoms with Crippen molar-refractivity contribution in [2.75, 3.05) is 62.3 Å². The van der Waals surface area contributed by atoms with Gasteiger partial charge in [0.15, 0.2) is 0 Å². The number of guanidine groups is 1. The Morgan fingerprint density at radius 3 is 2.47 bits per heavy atom. The molecule has 3 aromatic rings. The summed E-state index contributed by atoms with van der Waals surface area (Å²) >= 11 is 4.69. The molecule has 1 atom stereocenters. The van der Waals surface area contributed by atoms with Crippen molar-refractivity contribution in [3.05, 3.63) is 41.2 Å². The van der Waals surface area contributed by atoms with Gasteiger partial charge in [-0.25, -0.2) is 14.5 Å². The summed E-state index contributed by atoms with van der Waals surface area (Å²) in [4.78, 5) is 62.5. The van der Waals surface area contributed by atoms with Crippen LogP contribution in [0, 0.1) is 0 Å². The maximum Gasteiger partial charge on any atom is 0.328 e. The molecule has 0 unspecified atom stereocenters. The van der Waals surface area contributed by atoms with E-state index in [1.807, 2.05) is 32.9 Å². The van der Waals surface area contributed by atoms with Gasteiger partial charge in [-0.2, -0.15) is 4.37 Å². The Hall–Kier alpha value is -4.79. The highest BCUT2D eigenvalue weighted by Gasteiger charge is 2.28. The zero-order chi connectivity index (χ0) is 38.4. The summed E-state index contributed by atoms with van der Waals surface area (Å²) in [6.45, 7) is 10.4. The second kappa shape index (κ2) is 19.9. The molecular formula is C33H42BrN9O9S. The van der Waals surface area contributed by atoms with Crippen molar-refractivity contribution >= 4 is 80.0 Å². The second-order valence-electron chi connectivity index (χ2n) is 12.6. The van der Waals surface area contributed by atoms with Gasteiger partial charge in [-0.05, 0) is 55.3 Å². The summed E-state index contributed by atoms with van der Waals surface area (Å²) in [6.07, 6.45) is 4.23. The van der Waals surface area contributed by atoms with E-state index >= 15 is 0 Å². The molecule has 4 heterocycles. The van der Waals surface area contributed by atoms with Crippen molar-refractivity contribution in [2.24, 2.45) is 4.99 Å². The maximum absolute atomic E-state index is 13.6. The van der Waals surface area contributed by atoms with Crippen molar-refractivity contribution in [3.8, 4) is 5.88 Å². The van der Waals surface area contributed by atoms with Crippen molar-refractivity contribution in [3.63, 3.8) is 0 Å². The number of benzene rings is 1. The lowest BCUT2D eigenvalue weighted by Gasteiger charge is -2.27.